The van der Waals surface area contributed by atoms with E-state index in [1.54, 1.807) is 24.1 Å². The molecule has 0 aliphatic carbocycles. The van der Waals surface area contributed by atoms with Crippen LogP contribution in [0.25, 0.3) is 10.8 Å². The Morgan fingerprint density at radius 3 is 2.79 bits per heavy atom. The SMILES string of the molecule is CN(Cc1cccc(F)c1Cl)[C@@H](COC(=O)Nc1cc2cc(F)ccc2cn1)CC(O)CO. The molecule has 2 atom stereocenters. The largest absolute Gasteiger partial charge is 0.448 e. The van der Waals surface area contributed by atoms with Crippen molar-refractivity contribution in [1.29, 1.82) is 0 Å². The monoisotopic (exact) mass is 479 g/mol. The maximum absolute atomic E-state index is 13.7. The highest BCUT2D eigenvalue weighted by Gasteiger charge is 2.22. The number of likely N-dealkylation sites (N-methyl/N-ethyl adjacent to an activating group) is 1. The Balaban J connectivity index is 1.64. The first kappa shape index (κ1) is 24.8. The number of pyridine rings is 1. The topological polar surface area (TPSA) is 94.9 Å². The van der Waals surface area contributed by atoms with Gasteiger partial charge in [-0.25, -0.2) is 18.6 Å². The maximum Gasteiger partial charge on any atom is 0.412 e. The number of benzene rings is 2. The van der Waals surface area contributed by atoms with Gasteiger partial charge in [0.15, 0.2) is 0 Å². The van der Waals surface area contributed by atoms with Gasteiger partial charge in [0.25, 0.3) is 0 Å². The van der Waals surface area contributed by atoms with E-state index in [2.05, 4.69) is 10.3 Å². The number of anilines is 1. The van der Waals surface area contributed by atoms with Crippen molar-refractivity contribution in [3.63, 3.8) is 0 Å². The van der Waals surface area contributed by atoms with Crippen molar-refractivity contribution in [3.8, 4) is 0 Å². The molecule has 0 fully saturated rings. The highest BCUT2D eigenvalue weighted by atomic mass is 35.5. The van der Waals surface area contributed by atoms with Gasteiger partial charge < -0.3 is 14.9 Å². The summed E-state index contributed by atoms with van der Waals surface area (Å²) in [4.78, 5) is 18.2. The van der Waals surface area contributed by atoms with Crippen LogP contribution in [0.2, 0.25) is 5.02 Å². The fourth-order valence-electron chi connectivity index (χ4n) is 3.32. The zero-order valence-corrected chi connectivity index (χ0v) is 18.6. The molecule has 0 saturated carbocycles. The Morgan fingerprint density at radius 2 is 2.03 bits per heavy atom. The molecule has 0 radical (unpaired) electrons. The quantitative estimate of drug-likeness (QED) is 0.430. The molecule has 0 spiro atoms. The number of carbonyl (C=O) groups is 1. The molecule has 3 rings (SSSR count). The lowest BCUT2D eigenvalue weighted by Gasteiger charge is -2.29. The van der Waals surface area contributed by atoms with E-state index in [0.29, 0.717) is 16.3 Å². The first-order valence-electron chi connectivity index (χ1n) is 10.2. The molecule has 1 aromatic heterocycles. The van der Waals surface area contributed by atoms with Crippen LogP contribution in [0.3, 0.4) is 0 Å². The minimum Gasteiger partial charge on any atom is -0.448 e. The van der Waals surface area contributed by atoms with Gasteiger partial charge >= 0.3 is 6.09 Å². The fraction of sp³-hybridized carbons (Fsp3) is 0.304. The molecule has 0 bridgehead atoms. The van der Waals surface area contributed by atoms with Crippen LogP contribution in [-0.2, 0) is 11.3 Å². The second-order valence-electron chi connectivity index (χ2n) is 7.64. The first-order valence-corrected chi connectivity index (χ1v) is 10.6. The van der Waals surface area contributed by atoms with E-state index in [9.17, 15) is 23.8 Å². The van der Waals surface area contributed by atoms with Gasteiger partial charge in [0, 0.05) is 24.2 Å². The molecule has 33 heavy (non-hydrogen) atoms. The number of fused-ring (bicyclic) bond motifs is 1. The van der Waals surface area contributed by atoms with Gasteiger partial charge in [-0.15, -0.1) is 0 Å². The summed E-state index contributed by atoms with van der Waals surface area (Å²) in [5, 5.41) is 22.9. The fourth-order valence-corrected chi connectivity index (χ4v) is 3.51. The molecular formula is C23H24ClF2N3O4. The van der Waals surface area contributed by atoms with Crippen molar-refractivity contribution in [2.75, 3.05) is 25.6 Å². The Bertz CT molecular complexity index is 1120. The summed E-state index contributed by atoms with van der Waals surface area (Å²) in [5.41, 5.74) is 0.528. The second kappa shape index (κ2) is 11.3. The van der Waals surface area contributed by atoms with E-state index >= 15 is 0 Å². The van der Waals surface area contributed by atoms with Crippen LogP contribution in [0, 0.1) is 11.6 Å². The van der Waals surface area contributed by atoms with E-state index in [1.807, 2.05) is 0 Å². The lowest BCUT2D eigenvalue weighted by molar-refractivity contribution is 0.0382. The maximum atomic E-state index is 13.7. The van der Waals surface area contributed by atoms with Crippen molar-refractivity contribution >= 4 is 34.3 Å². The van der Waals surface area contributed by atoms with Crippen molar-refractivity contribution in [2.45, 2.75) is 25.1 Å². The Hall–Kier alpha value is -2.85. The standard InChI is InChI=1S/C23H24ClF2N3O4/c1-29(11-15-3-2-4-20(26)22(15)24)18(9-19(31)12-30)13-33-23(32)28-21-8-16-7-17(25)6-5-14(16)10-27-21/h2-8,10,18-19,30-31H,9,11-13H2,1H3,(H,27,28,32)/t18-,19?/m1/s1. The summed E-state index contributed by atoms with van der Waals surface area (Å²) < 4.78 is 32.5. The summed E-state index contributed by atoms with van der Waals surface area (Å²) in [6.45, 7) is -0.369. The molecule has 7 nitrogen and oxygen atoms in total. The number of aromatic nitrogens is 1. The van der Waals surface area contributed by atoms with Crippen molar-refractivity contribution in [3.05, 3.63) is 70.9 Å². The second-order valence-corrected chi connectivity index (χ2v) is 8.02. The molecular weight excluding hydrogens is 456 g/mol. The minimum atomic E-state index is -1.04. The third kappa shape index (κ3) is 6.82. The van der Waals surface area contributed by atoms with Gasteiger partial charge in [-0.3, -0.25) is 10.2 Å². The van der Waals surface area contributed by atoms with E-state index in [-0.39, 0.29) is 30.4 Å². The molecule has 0 saturated heterocycles. The molecule has 1 amide bonds. The molecule has 0 aliphatic rings. The van der Waals surface area contributed by atoms with E-state index in [0.717, 1.165) is 0 Å². The molecule has 3 N–H and O–H groups in total. The van der Waals surface area contributed by atoms with Gasteiger partial charge in [0.05, 0.1) is 17.7 Å². The van der Waals surface area contributed by atoms with Crippen LogP contribution in [0.1, 0.15) is 12.0 Å². The lowest BCUT2D eigenvalue weighted by Crippen LogP contribution is -2.39. The molecule has 1 heterocycles. The van der Waals surface area contributed by atoms with Gasteiger partial charge in [-0.2, -0.15) is 0 Å². The molecule has 176 valence electrons. The molecule has 10 heteroatoms. The van der Waals surface area contributed by atoms with Crippen molar-refractivity contribution < 1.29 is 28.5 Å². The third-order valence-electron chi connectivity index (χ3n) is 5.15. The summed E-state index contributed by atoms with van der Waals surface area (Å²) in [6.07, 6.45) is -0.231. The zero-order chi connectivity index (χ0) is 24.0. The van der Waals surface area contributed by atoms with Gasteiger partial charge in [-0.1, -0.05) is 23.7 Å². The molecule has 0 aliphatic heterocycles. The summed E-state index contributed by atoms with van der Waals surface area (Å²) in [6, 6.07) is 9.70. The smallest absolute Gasteiger partial charge is 0.412 e. The molecule has 1 unspecified atom stereocenters. The number of nitrogens with zero attached hydrogens (tertiary/aromatic N) is 2. The summed E-state index contributed by atoms with van der Waals surface area (Å²) in [5.74, 6) is -0.771. The lowest BCUT2D eigenvalue weighted by atomic mass is 10.1. The van der Waals surface area contributed by atoms with Gasteiger partial charge in [0.1, 0.15) is 24.1 Å². The number of ether oxygens (including phenoxy) is 1. The number of rotatable bonds is 9. The van der Waals surface area contributed by atoms with Gasteiger partial charge in [0.2, 0.25) is 0 Å². The van der Waals surface area contributed by atoms with Crippen LogP contribution in [0.15, 0.2) is 48.7 Å². The average Bonchev–Trinajstić information content (AvgIpc) is 2.79. The number of nitrogens with one attached hydrogen (secondary N) is 1. The number of hydrogen-bond acceptors (Lipinski definition) is 6. The van der Waals surface area contributed by atoms with E-state index < -0.39 is 36.5 Å². The van der Waals surface area contributed by atoms with Crippen molar-refractivity contribution in [2.24, 2.45) is 0 Å². The normalized spacial score (nSPS) is 13.2. The highest BCUT2D eigenvalue weighted by Crippen LogP contribution is 2.22. The van der Waals surface area contributed by atoms with E-state index in [4.69, 9.17) is 16.3 Å². The average molecular weight is 480 g/mol. The molecule has 2 aromatic carbocycles. The molecule has 3 aromatic rings. The van der Waals surface area contributed by atoms with E-state index in [1.165, 1.54) is 36.5 Å². The Kier molecular flexibility index (Phi) is 8.51. The minimum absolute atomic E-state index is 0.0108. The van der Waals surface area contributed by atoms with Gasteiger partial charge in [-0.05, 0) is 54.8 Å². The Labute approximate surface area is 194 Å². The van der Waals surface area contributed by atoms with Crippen LogP contribution < -0.4 is 5.32 Å². The van der Waals surface area contributed by atoms with Crippen LogP contribution >= 0.6 is 11.6 Å². The number of amides is 1. The number of halogens is 3. The number of aliphatic hydroxyl groups is 2. The predicted molar refractivity (Wildman–Crippen MR) is 121 cm³/mol. The number of aliphatic hydroxyl groups excluding tert-OH is 2. The zero-order valence-electron chi connectivity index (χ0n) is 17.8. The number of hydrogen-bond donors (Lipinski definition) is 3. The summed E-state index contributed by atoms with van der Waals surface area (Å²) in [7, 11) is 1.71. The third-order valence-corrected chi connectivity index (χ3v) is 5.57. The first-order chi connectivity index (χ1) is 15.8. The Morgan fingerprint density at radius 1 is 1.24 bits per heavy atom. The predicted octanol–water partition coefficient (Wildman–Crippen LogP) is 3.96. The van der Waals surface area contributed by atoms with Crippen LogP contribution in [0.5, 0.6) is 0 Å². The number of carbonyl (C=O) groups excluding carboxylic acids is 1. The summed E-state index contributed by atoms with van der Waals surface area (Å²) >= 11 is 6.03. The van der Waals surface area contributed by atoms with Crippen molar-refractivity contribution in [1.82, 2.24) is 9.88 Å². The van der Waals surface area contributed by atoms with Crippen LogP contribution in [-0.4, -0.2) is 58.6 Å². The highest BCUT2D eigenvalue weighted by molar-refractivity contribution is 6.31. The van der Waals surface area contributed by atoms with Crippen LogP contribution in [0.4, 0.5) is 19.4 Å².